The van der Waals surface area contributed by atoms with Crippen molar-refractivity contribution >= 4 is 5.91 Å². The molecule has 0 unspecified atom stereocenters. The van der Waals surface area contributed by atoms with Crippen LogP contribution in [0.25, 0.3) is 5.69 Å². The number of aromatic amines is 1. The van der Waals surface area contributed by atoms with Crippen LogP contribution in [-0.4, -0.2) is 61.3 Å². The van der Waals surface area contributed by atoms with E-state index in [1.54, 1.807) is 36.3 Å². The molecule has 2 heterocycles. The highest BCUT2D eigenvalue weighted by Gasteiger charge is 2.34. The molecule has 3 rings (SSSR count). The van der Waals surface area contributed by atoms with Crippen LogP contribution in [0.3, 0.4) is 0 Å². The van der Waals surface area contributed by atoms with Crippen molar-refractivity contribution in [2.75, 3.05) is 40.3 Å². The predicted octanol–water partition coefficient (Wildman–Crippen LogP) is 0.0309. The molecule has 8 heteroatoms. The SMILES string of the molecule is COc1ccc(-[n+]2[nH]oc(=O)c2C(=O)N2CCCN(C)CC2)cc1. The van der Waals surface area contributed by atoms with Crippen LogP contribution in [0.2, 0.25) is 0 Å². The normalized spacial score (nSPS) is 16.0. The van der Waals surface area contributed by atoms with Crippen LogP contribution < -0.4 is 15.0 Å². The largest absolute Gasteiger partial charge is 0.497 e. The third-order valence-corrected chi connectivity index (χ3v) is 4.19. The van der Waals surface area contributed by atoms with Crippen molar-refractivity contribution in [1.29, 1.82) is 0 Å². The lowest BCUT2D eigenvalue weighted by Gasteiger charge is -2.17. The number of benzene rings is 1. The average Bonchev–Trinajstić information content (AvgIpc) is 2.84. The topological polar surface area (TPSA) is 82.7 Å². The fourth-order valence-electron chi connectivity index (χ4n) is 2.77. The minimum Gasteiger partial charge on any atom is -0.497 e. The van der Waals surface area contributed by atoms with Crippen molar-refractivity contribution < 1.29 is 18.7 Å². The van der Waals surface area contributed by atoms with Gasteiger partial charge in [0, 0.05) is 31.8 Å². The number of ether oxygens (including phenoxy) is 1. The lowest BCUT2D eigenvalue weighted by Crippen LogP contribution is -2.47. The highest BCUT2D eigenvalue weighted by atomic mass is 16.5. The first-order valence-electron chi connectivity index (χ1n) is 7.86. The molecule has 24 heavy (non-hydrogen) atoms. The molecule has 0 aliphatic carbocycles. The quantitative estimate of drug-likeness (QED) is 0.802. The summed E-state index contributed by atoms with van der Waals surface area (Å²) in [6.07, 6.45) is 0.876. The first kappa shape index (κ1) is 16.3. The highest BCUT2D eigenvalue weighted by Crippen LogP contribution is 2.11. The molecule has 1 aliphatic rings. The van der Waals surface area contributed by atoms with Crippen LogP contribution in [0.1, 0.15) is 16.9 Å². The van der Waals surface area contributed by atoms with Gasteiger partial charge in [0.05, 0.1) is 7.11 Å². The van der Waals surface area contributed by atoms with E-state index in [2.05, 4.69) is 10.2 Å². The number of nitrogens with one attached hydrogen (secondary N) is 1. The molecule has 0 radical (unpaired) electrons. The zero-order valence-electron chi connectivity index (χ0n) is 13.8. The third kappa shape index (κ3) is 3.18. The van der Waals surface area contributed by atoms with Crippen molar-refractivity contribution in [3.05, 3.63) is 40.4 Å². The number of nitrogens with zero attached hydrogens (tertiary/aromatic N) is 3. The molecular formula is C16H21N4O4+. The van der Waals surface area contributed by atoms with Crippen LogP contribution in [-0.2, 0) is 0 Å². The summed E-state index contributed by atoms with van der Waals surface area (Å²) in [7, 11) is 3.60. The minimum atomic E-state index is -0.673. The Kier molecular flexibility index (Phi) is 4.66. The Morgan fingerprint density at radius 1 is 1.21 bits per heavy atom. The Hall–Kier alpha value is -2.61. The van der Waals surface area contributed by atoms with Crippen LogP contribution in [0.15, 0.2) is 33.6 Å². The molecule has 1 amide bonds. The molecule has 1 aliphatic heterocycles. The highest BCUT2D eigenvalue weighted by molar-refractivity contribution is 5.90. The number of carbonyl (C=O) groups is 1. The van der Waals surface area contributed by atoms with E-state index in [9.17, 15) is 9.59 Å². The van der Waals surface area contributed by atoms with Gasteiger partial charge in [-0.05, 0) is 42.1 Å². The number of carbonyl (C=O) groups excluding carboxylic acids is 1. The molecule has 128 valence electrons. The van der Waals surface area contributed by atoms with E-state index in [4.69, 9.17) is 9.26 Å². The van der Waals surface area contributed by atoms with Crippen molar-refractivity contribution in [2.24, 2.45) is 0 Å². The number of methoxy groups -OCH3 is 1. The average molecular weight is 333 g/mol. The molecule has 1 N–H and O–H groups in total. The monoisotopic (exact) mass is 333 g/mol. The lowest BCUT2D eigenvalue weighted by molar-refractivity contribution is -0.672. The second-order valence-electron chi connectivity index (χ2n) is 5.81. The van der Waals surface area contributed by atoms with Gasteiger partial charge in [-0.1, -0.05) is 0 Å². The minimum absolute atomic E-state index is 0.0234. The molecule has 8 nitrogen and oxygen atoms in total. The predicted molar refractivity (Wildman–Crippen MR) is 85.4 cm³/mol. The van der Waals surface area contributed by atoms with Crippen molar-refractivity contribution in [1.82, 2.24) is 15.1 Å². The lowest BCUT2D eigenvalue weighted by atomic mass is 10.3. The Labute approximate surface area is 139 Å². The fraction of sp³-hybridized carbons (Fsp3) is 0.438. The van der Waals surface area contributed by atoms with Gasteiger partial charge in [-0.25, -0.2) is 4.79 Å². The molecule has 1 fully saturated rings. The van der Waals surface area contributed by atoms with Gasteiger partial charge < -0.3 is 14.5 Å². The van der Waals surface area contributed by atoms with Crippen LogP contribution in [0.4, 0.5) is 0 Å². The first-order valence-corrected chi connectivity index (χ1v) is 7.86. The molecule has 0 atom stereocenters. The molecule has 1 saturated heterocycles. The number of hydrogen-bond acceptors (Lipinski definition) is 5. The van der Waals surface area contributed by atoms with Gasteiger partial charge in [0.15, 0.2) is 0 Å². The van der Waals surface area contributed by atoms with E-state index < -0.39 is 5.63 Å². The second-order valence-corrected chi connectivity index (χ2v) is 5.81. The molecule has 0 spiro atoms. The molecule has 1 aromatic carbocycles. The van der Waals surface area contributed by atoms with Crippen LogP contribution in [0, 0.1) is 0 Å². The van der Waals surface area contributed by atoms with Gasteiger partial charge >= 0.3 is 17.2 Å². The molecule has 2 aromatic rings. The molecular weight excluding hydrogens is 312 g/mol. The summed E-state index contributed by atoms with van der Waals surface area (Å²) in [5.41, 5.74) is -0.0740. The van der Waals surface area contributed by atoms with Crippen LogP contribution >= 0.6 is 0 Å². The fourth-order valence-corrected chi connectivity index (χ4v) is 2.77. The summed E-state index contributed by atoms with van der Waals surface area (Å²) in [4.78, 5) is 28.8. The maximum Gasteiger partial charge on any atom is 0.441 e. The second kappa shape index (κ2) is 6.88. The van der Waals surface area contributed by atoms with Gasteiger partial charge in [-0.2, -0.15) is 0 Å². The number of rotatable bonds is 3. The maximum atomic E-state index is 12.8. The van der Waals surface area contributed by atoms with Gasteiger partial charge in [-0.15, -0.1) is 0 Å². The number of likely N-dealkylation sites (N-methyl/N-ethyl adjacent to an activating group) is 1. The zero-order chi connectivity index (χ0) is 17.1. The summed E-state index contributed by atoms with van der Waals surface area (Å²) in [5.74, 6) is 0.366. The summed E-state index contributed by atoms with van der Waals surface area (Å²) < 4.78 is 11.4. The maximum absolute atomic E-state index is 12.8. The van der Waals surface area contributed by atoms with Gasteiger partial charge in [0.1, 0.15) is 5.75 Å². The van der Waals surface area contributed by atoms with Crippen molar-refractivity contribution in [2.45, 2.75) is 6.42 Å². The van der Waals surface area contributed by atoms with E-state index in [1.807, 2.05) is 7.05 Å². The Bertz CT molecular complexity index is 765. The van der Waals surface area contributed by atoms with Gasteiger partial charge in [0.2, 0.25) is 5.69 Å². The first-order chi connectivity index (χ1) is 11.6. The number of hydrogen-bond donors (Lipinski definition) is 1. The third-order valence-electron chi connectivity index (χ3n) is 4.19. The van der Waals surface area contributed by atoms with Gasteiger partial charge in [-0.3, -0.25) is 9.32 Å². The number of aromatic nitrogens is 2. The molecule has 1 aromatic heterocycles. The summed E-state index contributed by atoms with van der Waals surface area (Å²) in [5, 5.41) is 2.50. The standard InChI is InChI=1S/C16H20N4O4/c1-18-8-3-9-19(11-10-18)15(21)14-16(22)24-17-20(14)12-4-6-13(23-2)7-5-12/h4-7H,3,8-11H2,1-2H3/p+1. The summed E-state index contributed by atoms with van der Waals surface area (Å²) in [6, 6.07) is 7.00. The van der Waals surface area contributed by atoms with Gasteiger partial charge in [0.25, 0.3) is 0 Å². The smallest absolute Gasteiger partial charge is 0.441 e. The summed E-state index contributed by atoms with van der Waals surface area (Å²) in [6.45, 7) is 2.92. The Morgan fingerprint density at radius 3 is 2.67 bits per heavy atom. The van der Waals surface area contributed by atoms with Crippen molar-refractivity contribution in [3.8, 4) is 11.4 Å². The van der Waals surface area contributed by atoms with E-state index in [1.165, 1.54) is 4.68 Å². The van der Waals surface area contributed by atoms with E-state index in [0.717, 1.165) is 19.5 Å². The number of amides is 1. The molecule has 0 bridgehead atoms. The van der Waals surface area contributed by atoms with Crippen LogP contribution in [0.5, 0.6) is 5.75 Å². The zero-order valence-corrected chi connectivity index (χ0v) is 13.8. The Balaban J connectivity index is 1.91. The van der Waals surface area contributed by atoms with E-state index in [-0.39, 0.29) is 11.6 Å². The van der Waals surface area contributed by atoms with E-state index >= 15 is 0 Å². The number of H-pyrrole nitrogens is 1. The van der Waals surface area contributed by atoms with E-state index in [0.29, 0.717) is 24.5 Å². The van der Waals surface area contributed by atoms with Crippen molar-refractivity contribution in [3.63, 3.8) is 0 Å². The Morgan fingerprint density at radius 2 is 1.96 bits per heavy atom. The molecule has 0 saturated carbocycles. The summed E-state index contributed by atoms with van der Waals surface area (Å²) >= 11 is 0.